The summed E-state index contributed by atoms with van der Waals surface area (Å²) in [6.45, 7) is 0. The van der Waals surface area contributed by atoms with Gasteiger partial charge < -0.3 is 10.4 Å². The van der Waals surface area contributed by atoms with Crippen LogP contribution in [0.3, 0.4) is 0 Å². The topological polar surface area (TPSA) is 83.7 Å². The Hall–Kier alpha value is -2.93. The molecule has 0 fully saturated rings. The third-order valence-corrected chi connectivity index (χ3v) is 5.39. The molecule has 0 unspecified atom stereocenters. The molecule has 6 nitrogen and oxygen atoms in total. The first-order valence-electron chi connectivity index (χ1n) is 8.35. The molecule has 0 spiro atoms. The van der Waals surface area contributed by atoms with Gasteiger partial charge in [-0.3, -0.25) is 14.0 Å². The fourth-order valence-electron chi connectivity index (χ4n) is 3.29. The molecule has 2 heterocycles. The number of nitrogens with zero attached hydrogens (tertiary/aromatic N) is 2. The average Bonchev–Trinajstić information content (AvgIpc) is 3.25. The van der Waals surface area contributed by atoms with Crippen LogP contribution in [0.5, 0.6) is 0 Å². The molecule has 1 aliphatic carbocycles. The van der Waals surface area contributed by atoms with Crippen LogP contribution in [0.4, 0.5) is 5.82 Å². The van der Waals surface area contributed by atoms with Crippen molar-refractivity contribution in [3.05, 3.63) is 54.1 Å². The number of thiazole rings is 1. The van der Waals surface area contributed by atoms with E-state index >= 15 is 0 Å². The third kappa shape index (κ3) is 2.90. The molecule has 2 N–H and O–H groups in total. The summed E-state index contributed by atoms with van der Waals surface area (Å²) in [5.41, 5.74) is 1.58. The first kappa shape index (κ1) is 16.5. The van der Waals surface area contributed by atoms with Gasteiger partial charge in [0.1, 0.15) is 11.5 Å². The van der Waals surface area contributed by atoms with Crippen LogP contribution in [-0.4, -0.2) is 26.4 Å². The summed E-state index contributed by atoms with van der Waals surface area (Å²) in [4.78, 5) is 29.8. The highest BCUT2D eigenvalue weighted by Gasteiger charge is 2.34. The first-order valence-corrected chi connectivity index (χ1v) is 9.22. The lowest BCUT2D eigenvalue weighted by atomic mass is 9.82. The number of imidazole rings is 1. The maximum Gasteiger partial charge on any atom is 0.307 e. The Labute approximate surface area is 153 Å². The Kier molecular flexibility index (Phi) is 4.30. The third-order valence-electron chi connectivity index (χ3n) is 4.64. The molecular formula is C19H17N3O3S. The minimum absolute atomic E-state index is 0.285. The molecule has 3 aromatic rings. The number of fused-ring (bicyclic) bond motifs is 1. The SMILES string of the molecule is O=C(Nc1c(-c2ccccc2)nc2sccn12)[C@H]1CC=CC[C@H]1C(=O)O. The summed E-state index contributed by atoms with van der Waals surface area (Å²) in [6, 6.07) is 9.63. The van der Waals surface area contributed by atoms with Gasteiger partial charge in [0.05, 0.1) is 11.8 Å². The summed E-state index contributed by atoms with van der Waals surface area (Å²) in [6.07, 6.45) is 6.35. The van der Waals surface area contributed by atoms with Gasteiger partial charge in [-0.05, 0) is 12.8 Å². The molecule has 7 heteroatoms. The smallest absolute Gasteiger partial charge is 0.307 e. The second-order valence-corrected chi connectivity index (χ2v) is 7.09. The van der Waals surface area contributed by atoms with Gasteiger partial charge in [-0.2, -0.15) is 0 Å². The zero-order valence-corrected chi connectivity index (χ0v) is 14.6. The molecule has 0 aliphatic heterocycles. The highest BCUT2D eigenvalue weighted by atomic mass is 32.1. The van der Waals surface area contributed by atoms with Gasteiger partial charge in [0.2, 0.25) is 5.91 Å². The number of allylic oxidation sites excluding steroid dienone is 2. The summed E-state index contributed by atoms with van der Waals surface area (Å²) in [5, 5.41) is 14.3. The number of carboxylic acids is 1. The number of hydrogen-bond donors (Lipinski definition) is 2. The predicted molar refractivity (Wildman–Crippen MR) is 100 cm³/mol. The number of nitrogens with one attached hydrogen (secondary N) is 1. The van der Waals surface area contributed by atoms with Crippen molar-refractivity contribution in [2.75, 3.05) is 5.32 Å². The number of carbonyl (C=O) groups excluding carboxylic acids is 1. The van der Waals surface area contributed by atoms with Crippen LogP contribution < -0.4 is 5.32 Å². The molecule has 2 atom stereocenters. The Morgan fingerprint density at radius 3 is 2.62 bits per heavy atom. The highest BCUT2D eigenvalue weighted by molar-refractivity contribution is 7.15. The fourth-order valence-corrected chi connectivity index (χ4v) is 4.00. The quantitative estimate of drug-likeness (QED) is 0.689. The van der Waals surface area contributed by atoms with Crippen LogP contribution in [0.2, 0.25) is 0 Å². The minimum atomic E-state index is -0.938. The molecule has 2 aromatic heterocycles. The predicted octanol–water partition coefficient (Wildman–Crippen LogP) is 3.67. The van der Waals surface area contributed by atoms with E-state index in [2.05, 4.69) is 10.3 Å². The lowest BCUT2D eigenvalue weighted by molar-refractivity contribution is -0.146. The molecule has 1 aromatic carbocycles. The number of rotatable bonds is 4. The molecule has 1 amide bonds. The first-order chi connectivity index (χ1) is 12.6. The molecule has 132 valence electrons. The summed E-state index contributed by atoms with van der Waals surface area (Å²) >= 11 is 1.48. The number of aliphatic carboxylic acids is 1. The van der Waals surface area contributed by atoms with Crippen molar-refractivity contribution in [3.63, 3.8) is 0 Å². The van der Waals surface area contributed by atoms with E-state index in [0.29, 0.717) is 24.4 Å². The monoisotopic (exact) mass is 367 g/mol. The molecule has 0 bridgehead atoms. The van der Waals surface area contributed by atoms with Gasteiger partial charge in [0, 0.05) is 17.1 Å². The van der Waals surface area contributed by atoms with Crippen molar-refractivity contribution in [3.8, 4) is 11.3 Å². The zero-order valence-electron chi connectivity index (χ0n) is 13.8. The van der Waals surface area contributed by atoms with Gasteiger partial charge in [0.25, 0.3) is 0 Å². The normalized spacial score (nSPS) is 19.5. The van der Waals surface area contributed by atoms with Gasteiger partial charge in [-0.15, -0.1) is 11.3 Å². The van der Waals surface area contributed by atoms with E-state index < -0.39 is 17.8 Å². The molecule has 0 saturated heterocycles. The van der Waals surface area contributed by atoms with E-state index in [4.69, 9.17) is 0 Å². The van der Waals surface area contributed by atoms with E-state index in [9.17, 15) is 14.7 Å². The van der Waals surface area contributed by atoms with E-state index in [1.807, 2.05) is 58.5 Å². The van der Waals surface area contributed by atoms with Gasteiger partial charge >= 0.3 is 5.97 Å². The van der Waals surface area contributed by atoms with Crippen LogP contribution in [0.15, 0.2) is 54.1 Å². The molecule has 0 radical (unpaired) electrons. The average molecular weight is 367 g/mol. The van der Waals surface area contributed by atoms with E-state index in [1.54, 1.807) is 0 Å². The molecular weight excluding hydrogens is 350 g/mol. The van der Waals surface area contributed by atoms with Gasteiger partial charge in [-0.1, -0.05) is 42.5 Å². The lowest BCUT2D eigenvalue weighted by Crippen LogP contribution is -2.35. The summed E-state index contributed by atoms with van der Waals surface area (Å²) in [5.74, 6) is -1.94. The Balaban J connectivity index is 1.70. The summed E-state index contributed by atoms with van der Waals surface area (Å²) < 4.78 is 1.83. The van der Waals surface area contributed by atoms with E-state index in [0.717, 1.165) is 10.5 Å². The van der Waals surface area contributed by atoms with Crippen molar-refractivity contribution in [1.82, 2.24) is 9.38 Å². The second-order valence-electron chi connectivity index (χ2n) is 6.21. The minimum Gasteiger partial charge on any atom is -0.481 e. The lowest BCUT2D eigenvalue weighted by Gasteiger charge is -2.24. The van der Waals surface area contributed by atoms with Crippen molar-refractivity contribution >= 4 is 34.0 Å². The number of hydrogen-bond acceptors (Lipinski definition) is 4. The van der Waals surface area contributed by atoms with Crippen LogP contribution in [0.25, 0.3) is 16.2 Å². The molecule has 0 saturated carbocycles. The van der Waals surface area contributed by atoms with Crippen LogP contribution in [0, 0.1) is 11.8 Å². The number of aromatic nitrogens is 2. The highest BCUT2D eigenvalue weighted by Crippen LogP contribution is 2.33. The molecule has 1 aliphatic rings. The summed E-state index contributed by atoms with van der Waals surface area (Å²) in [7, 11) is 0. The number of carbonyl (C=O) groups is 2. The maximum absolute atomic E-state index is 12.9. The van der Waals surface area contributed by atoms with Crippen LogP contribution in [0.1, 0.15) is 12.8 Å². The Bertz CT molecular complexity index is 990. The van der Waals surface area contributed by atoms with E-state index in [-0.39, 0.29) is 5.91 Å². The number of carboxylic acid groups (broad SMARTS) is 1. The van der Waals surface area contributed by atoms with Crippen LogP contribution >= 0.6 is 11.3 Å². The second kappa shape index (κ2) is 6.76. The van der Waals surface area contributed by atoms with Gasteiger partial charge in [-0.25, -0.2) is 4.98 Å². The number of anilines is 1. The van der Waals surface area contributed by atoms with Crippen molar-refractivity contribution in [1.29, 1.82) is 0 Å². The number of amides is 1. The Morgan fingerprint density at radius 1 is 1.15 bits per heavy atom. The van der Waals surface area contributed by atoms with Crippen LogP contribution in [-0.2, 0) is 9.59 Å². The van der Waals surface area contributed by atoms with Crippen molar-refractivity contribution in [2.45, 2.75) is 12.8 Å². The maximum atomic E-state index is 12.9. The van der Waals surface area contributed by atoms with Gasteiger partial charge in [0.15, 0.2) is 4.96 Å². The zero-order chi connectivity index (χ0) is 18.1. The fraction of sp³-hybridized carbons (Fsp3) is 0.211. The largest absolute Gasteiger partial charge is 0.481 e. The van der Waals surface area contributed by atoms with Crippen molar-refractivity contribution < 1.29 is 14.7 Å². The van der Waals surface area contributed by atoms with Crippen molar-refractivity contribution in [2.24, 2.45) is 11.8 Å². The molecule has 4 rings (SSSR count). The Morgan fingerprint density at radius 2 is 1.88 bits per heavy atom. The molecule has 26 heavy (non-hydrogen) atoms. The standard InChI is InChI=1S/C19H17N3O3S/c23-17(13-8-4-5-9-14(13)18(24)25)21-16-15(12-6-2-1-3-7-12)20-19-22(16)10-11-26-19/h1-7,10-11,13-14H,8-9H2,(H,21,23)(H,24,25)/t13-,14+/m0/s1. The number of benzene rings is 1. The van der Waals surface area contributed by atoms with E-state index in [1.165, 1.54) is 11.3 Å².